The molecular weight excluding hydrogens is 216 g/mol. The van der Waals surface area contributed by atoms with Crippen LogP contribution in [-0.2, 0) is 10.3 Å². The van der Waals surface area contributed by atoms with Gasteiger partial charge < -0.3 is 5.11 Å². The summed E-state index contributed by atoms with van der Waals surface area (Å²) >= 11 is 0. The molecule has 17 heavy (non-hydrogen) atoms. The van der Waals surface area contributed by atoms with Crippen LogP contribution in [0, 0.1) is 11.3 Å². The van der Waals surface area contributed by atoms with E-state index < -0.39 is 11.5 Å². The van der Waals surface area contributed by atoms with Crippen molar-refractivity contribution in [1.29, 1.82) is 5.26 Å². The van der Waals surface area contributed by atoms with E-state index in [0.717, 1.165) is 5.56 Å². The quantitative estimate of drug-likeness (QED) is 0.841. The average molecular weight is 232 g/mol. The number of aliphatic carboxylic acids is 1. The Kier molecular flexibility index (Phi) is 4.24. The number of benzene rings is 1. The summed E-state index contributed by atoms with van der Waals surface area (Å²) in [5.41, 5.74) is -0.0478. The van der Waals surface area contributed by atoms with Crippen molar-refractivity contribution in [3.8, 4) is 6.07 Å². The first-order valence-corrected chi connectivity index (χ1v) is 5.39. The summed E-state index contributed by atoms with van der Waals surface area (Å²) in [7, 11) is 3.58. The summed E-state index contributed by atoms with van der Waals surface area (Å²) in [6.45, 7) is 0. The van der Waals surface area contributed by atoms with Crippen LogP contribution in [-0.4, -0.2) is 30.1 Å². The van der Waals surface area contributed by atoms with Crippen molar-refractivity contribution in [1.82, 2.24) is 4.90 Å². The smallest absolute Gasteiger partial charge is 0.303 e. The Bertz CT molecular complexity index is 423. The molecule has 0 bridgehead atoms. The zero-order valence-corrected chi connectivity index (χ0v) is 10.1. The van der Waals surface area contributed by atoms with Gasteiger partial charge in [-0.3, -0.25) is 9.69 Å². The predicted molar refractivity (Wildman–Crippen MR) is 64.3 cm³/mol. The molecule has 0 radical (unpaired) electrons. The molecular formula is C13H16N2O2. The molecule has 0 aromatic heterocycles. The fraction of sp³-hybridized carbons (Fsp3) is 0.385. The van der Waals surface area contributed by atoms with Crippen molar-refractivity contribution in [2.75, 3.05) is 14.1 Å². The van der Waals surface area contributed by atoms with E-state index in [9.17, 15) is 10.1 Å². The van der Waals surface area contributed by atoms with Gasteiger partial charge >= 0.3 is 5.97 Å². The summed E-state index contributed by atoms with van der Waals surface area (Å²) in [5.74, 6) is -0.887. The second-order valence-corrected chi connectivity index (χ2v) is 4.13. The zero-order chi connectivity index (χ0) is 12.9. The highest BCUT2D eigenvalue weighted by Gasteiger charge is 2.35. The highest BCUT2D eigenvalue weighted by atomic mass is 16.4. The van der Waals surface area contributed by atoms with Gasteiger partial charge in [-0.25, -0.2) is 0 Å². The molecule has 0 unspecified atom stereocenters. The Balaban J connectivity index is 3.10. The lowest BCUT2D eigenvalue weighted by molar-refractivity contribution is -0.137. The summed E-state index contributed by atoms with van der Waals surface area (Å²) < 4.78 is 0. The van der Waals surface area contributed by atoms with E-state index in [2.05, 4.69) is 6.07 Å². The zero-order valence-electron chi connectivity index (χ0n) is 10.1. The van der Waals surface area contributed by atoms with Crippen LogP contribution in [0.2, 0.25) is 0 Å². The van der Waals surface area contributed by atoms with Crippen LogP contribution in [0.4, 0.5) is 0 Å². The van der Waals surface area contributed by atoms with Gasteiger partial charge in [0.1, 0.15) is 5.54 Å². The Morgan fingerprint density at radius 3 is 2.41 bits per heavy atom. The maximum atomic E-state index is 10.7. The van der Waals surface area contributed by atoms with Gasteiger partial charge in [0.2, 0.25) is 0 Å². The molecule has 90 valence electrons. The summed E-state index contributed by atoms with van der Waals surface area (Å²) in [4.78, 5) is 12.5. The Labute approximate surface area is 101 Å². The van der Waals surface area contributed by atoms with Crippen LogP contribution in [0.3, 0.4) is 0 Å². The lowest BCUT2D eigenvalue weighted by atomic mass is 9.85. The average Bonchev–Trinajstić information content (AvgIpc) is 2.31. The van der Waals surface area contributed by atoms with Crippen LogP contribution >= 0.6 is 0 Å². The molecule has 0 aliphatic rings. The van der Waals surface area contributed by atoms with Crippen molar-refractivity contribution in [2.45, 2.75) is 18.4 Å². The minimum absolute atomic E-state index is 0.0271. The molecule has 0 heterocycles. The minimum atomic E-state index is -0.887. The Morgan fingerprint density at radius 1 is 1.41 bits per heavy atom. The van der Waals surface area contributed by atoms with E-state index in [4.69, 9.17) is 5.11 Å². The Morgan fingerprint density at radius 2 is 2.00 bits per heavy atom. The number of carbonyl (C=O) groups is 1. The molecule has 1 aromatic rings. The lowest BCUT2D eigenvalue weighted by Gasteiger charge is -2.33. The van der Waals surface area contributed by atoms with Crippen LogP contribution < -0.4 is 0 Å². The summed E-state index contributed by atoms with van der Waals surface area (Å²) in [5, 5.41) is 18.2. The van der Waals surface area contributed by atoms with E-state index >= 15 is 0 Å². The van der Waals surface area contributed by atoms with Gasteiger partial charge in [0.25, 0.3) is 0 Å². The van der Waals surface area contributed by atoms with Crippen LogP contribution in [0.25, 0.3) is 0 Å². The first-order valence-electron chi connectivity index (χ1n) is 5.39. The second kappa shape index (κ2) is 5.46. The molecule has 0 aliphatic carbocycles. The van der Waals surface area contributed by atoms with E-state index in [1.807, 2.05) is 30.3 Å². The van der Waals surface area contributed by atoms with Gasteiger partial charge in [0, 0.05) is 6.42 Å². The maximum Gasteiger partial charge on any atom is 0.303 e. The standard InChI is InChI=1S/C13H16N2O2/c1-15(2)13(10-14,9-8-12(16)17)11-6-4-3-5-7-11/h3-7H,8-9H2,1-2H3,(H,16,17)/t13-/m1/s1. The molecule has 0 spiro atoms. The highest BCUT2D eigenvalue weighted by Crippen LogP contribution is 2.30. The molecule has 1 atom stereocenters. The SMILES string of the molecule is CN(C)[C@@](C#N)(CCC(=O)O)c1ccccc1. The Hall–Kier alpha value is -1.86. The lowest BCUT2D eigenvalue weighted by Crippen LogP contribution is -2.40. The predicted octanol–water partition coefficient (Wildman–Crippen LogP) is 1.83. The largest absolute Gasteiger partial charge is 0.481 e. The number of hydrogen-bond donors (Lipinski definition) is 1. The van der Waals surface area contributed by atoms with Crippen molar-refractivity contribution in [3.05, 3.63) is 35.9 Å². The van der Waals surface area contributed by atoms with E-state index in [0.29, 0.717) is 0 Å². The molecule has 0 amide bonds. The number of carboxylic acids is 1. The topological polar surface area (TPSA) is 64.3 Å². The molecule has 1 rings (SSSR count). The third kappa shape index (κ3) is 2.83. The van der Waals surface area contributed by atoms with Crippen molar-refractivity contribution < 1.29 is 9.90 Å². The molecule has 1 N–H and O–H groups in total. The third-order valence-corrected chi connectivity index (χ3v) is 2.90. The van der Waals surface area contributed by atoms with Gasteiger partial charge in [0.05, 0.1) is 6.07 Å². The first kappa shape index (κ1) is 13.2. The summed E-state index contributed by atoms with van der Waals surface area (Å²) in [6, 6.07) is 11.5. The van der Waals surface area contributed by atoms with Gasteiger partial charge in [-0.05, 0) is 26.1 Å². The molecule has 0 fully saturated rings. The van der Waals surface area contributed by atoms with Gasteiger partial charge in [-0.1, -0.05) is 30.3 Å². The van der Waals surface area contributed by atoms with Crippen LogP contribution in [0.15, 0.2) is 30.3 Å². The number of hydrogen-bond acceptors (Lipinski definition) is 3. The summed E-state index contributed by atoms with van der Waals surface area (Å²) in [6.07, 6.45) is 0.247. The number of nitriles is 1. The van der Waals surface area contributed by atoms with E-state index in [1.54, 1.807) is 19.0 Å². The highest BCUT2D eigenvalue weighted by molar-refractivity contribution is 5.67. The van der Waals surface area contributed by atoms with Gasteiger partial charge in [0.15, 0.2) is 0 Å². The molecule has 1 aromatic carbocycles. The minimum Gasteiger partial charge on any atom is -0.481 e. The molecule has 4 heteroatoms. The molecule has 0 aliphatic heterocycles. The number of rotatable bonds is 5. The van der Waals surface area contributed by atoms with Crippen molar-refractivity contribution in [3.63, 3.8) is 0 Å². The molecule has 0 saturated carbocycles. The van der Waals surface area contributed by atoms with E-state index in [-0.39, 0.29) is 12.8 Å². The fourth-order valence-corrected chi connectivity index (χ4v) is 1.85. The normalized spacial score (nSPS) is 14.0. The molecule has 0 saturated heterocycles. The third-order valence-electron chi connectivity index (χ3n) is 2.90. The van der Waals surface area contributed by atoms with Crippen molar-refractivity contribution >= 4 is 5.97 Å². The maximum absolute atomic E-state index is 10.7. The van der Waals surface area contributed by atoms with Crippen molar-refractivity contribution in [2.24, 2.45) is 0 Å². The first-order chi connectivity index (χ1) is 8.03. The number of nitrogens with zero attached hydrogens (tertiary/aromatic N) is 2. The fourth-order valence-electron chi connectivity index (χ4n) is 1.85. The van der Waals surface area contributed by atoms with Gasteiger partial charge in [-0.15, -0.1) is 0 Å². The second-order valence-electron chi connectivity index (χ2n) is 4.13. The van der Waals surface area contributed by atoms with Gasteiger partial charge in [-0.2, -0.15) is 5.26 Å². The van der Waals surface area contributed by atoms with Crippen LogP contribution in [0.1, 0.15) is 18.4 Å². The molecule has 4 nitrogen and oxygen atoms in total. The van der Waals surface area contributed by atoms with E-state index in [1.165, 1.54) is 0 Å². The van der Waals surface area contributed by atoms with Crippen LogP contribution in [0.5, 0.6) is 0 Å². The monoisotopic (exact) mass is 232 g/mol. The number of carboxylic acid groups (broad SMARTS) is 1.